The Hall–Kier alpha value is -2.81. The van der Waals surface area contributed by atoms with Crippen LogP contribution in [0.4, 0.5) is 11.4 Å². The summed E-state index contributed by atoms with van der Waals surface area (Å²) in [6.07, 6.45) is 3.64. The number of fused-ring (bicyclic) bond motifs is 2. The minimum atomic E-state index is -4.40. The predicted molar refractivity (Wildman–Crippen MR) is 129 cm³/mol. The number of hydrogen-bond acceptors (Lipinski definition) is 6. The van der Waals surface area contributed by atoms with Gasteiger partial charge in [-0.05, 0) is 43.0 Å². The number of nitrogens with one attached hydrogen (secondary N) is 2. The lowest BCUT2D eigenvalue weighted by Crippen LogP contribution is -2.51. The zero-order valence-corrected chi connectivity index (χ0v) is 20.3. The van der Waals surface area contributed by atoms with Gasteiger partial charge in [0.05, 0.1) is 22.7 Å². The second-order valence-corrected chi connectivity index (χ2v) is 13.0. The Balaban J connectivity index is 1.58. The molecule has 0 saturated heterocycles. The van der Waals surface area contributed by atoms with E-state index in [1.54, 1.807) is 12.1 Å². The van der Waals surface area contributed by atoms with E-state index in [4.69, 9.17) is 0 Å². The van der Waals surface area contributed by atoms with Crippen molar-refractivity contribution in [1.29, 1.82) is 0 Å². The van der Waals surface area contributed by atoms with Crippen molar-refractivity contribution in [2.45, 2.75) is 31.6 Å². The first-order chi connectivity index (χ1) is 15.9. The summed E-state index contributed by atoms with van der Waals surface area (Å²) in [7, 11) is -8.00. The van der Waals surface area contributed by atoms with Gasteiger partial charge in [0.25, 0.3) is 0 Å². The second kappa shape index (κ2) is 7.60. The van der Waals surface area contributed by atoms with Gasteiger partial charge < -0.3 is 10.2 Å². The highest BCUT2D eigenvalue weighted by molar-refractivity contribution is 7.92. The first-order valence-corrected chi connectivity index (χ1v) is 14.4. The van der Waals surface area contributed by atoms with E-state index < -0.39 is 34.7 Å². The SMILES string of the molecule is CC1(CC2CC2)C(=O)C(C2=NP(=O)(O)c3cc(NS(C)(=O)=O)ccc3N2)C(=O)c2ccccc21. The smallest absolute Gasteiger partial charge is 0.342 e. The number of nitrogens with zero attached hydrogens (tertiary/aromatic N) is 1. The van der Waals surface area contributed by atoms with Crippen LogP contribution in [0.5, 0.6) is 0 Å². The second-order valence-electron chi connectivity index (χ2n) is 9.45. The summed E-state index contributed by atoms with van der Waals surface area (Å²) in [4.78, 5) is 38.0. The molecule has 3 aliphatic rings. The van der Waals surface area contributed by atoms with E-state index in [-0.39, 0.29) is 28.3 Å². The molecule has 2 aliphatic carbocycles. The minimum Gasteiger partial charge on any atom is -0.342 e. The van der Waals surface area contributed by atoms with Crippen LogP contribution in [-0.4, -0.2) is 37.0 Å². The van der Waals surface area contributed by atoms with Crippen LogP contribution in [0, 0.1) is 11.8 Å². The molecule has 3 atom stereocenters. The van der Waals surface area contributed by atoms with Crippen molar-refractivity contribution in [1.82, 2.24) is 0 Å². The molecule has 1 fully saturated rings. The predicted octanol–water partition coefficient (Wildman–Crippen LogP) is 2.83. The minimum absolute atomic E-state index is 0.103. The van der Waals surface area contributed by atoms with Gasteiger partial charge in [0.2, 0.25) is 10.0 Å². The molecule has 0 spiro atoms. The van der Waals surface area contributed by atoms with E-state index >= 15 is 0 Å². The van der Waals surface area contributed by atoms with Crippen molar-refractivity contribution >= 4 is 51.6 Å². The number of benzene rings is 2. The number of carbonyl (C=O) groups excluding carboxylic acids is 2. The molecule has 1 aliphatic heterocycles. The molecule has 2 aromatic rings. The number of amidine groups is 1. The number of rotatable bonds is 5. The van der Waals surface area contributed by atoms with E-state index in [2.05, 4.69) is 14.8 Å². The van der Waals surface area contributed by atoms with E-state index in [0.717, 1.165) is 19.1 Å². The van der Waals surface area contributed by atoms with Crippen LogP contribution in [0.1, 0.15) is 42.1 Å². The summed E-state index contributed by atoms with van der Waals surface area (Å²) < 4.78 is 42.5. The van der Waals surface area contributed by atoms with Crippen LogP contribution in [0.25, 0.3) is 0 Å². The quantitative estimate of drug-likeness (QED) is 0.422. The molecule has 34 heavy (non-hydrogen) atoms. The number of anilines is 2. The maximum atomic E-state index is 13.8. The van der Waals surface area contributed by atoms with Gasteiger partial charge >= 0.3 is 7.52 Å². The monoisotopic (exact) mass is 501 g/mol. The molecule has 5 rings (SSSR count). The fourth-order valence-corrected chi connectivity index (χ4v) is 6.78. The van der Waals surface area contributed by atoms with Crippen LogP contribution in [0.15, 0.2) is 47.2 Å². The van der Waals surface area contributed by atoms with Gasteiger partial charge in [-0.2, -0.15) is 4.76 Å². The van der Waals surface area contributed by atoms with Crippen molar-refractivity contribution < 1.29 is 27.5 Å². The molecule has 1 saturated carbocycles. The Kier molecular flexibility index (Phi) is 5.13. The standard InChI is InChI=1S/C23H24N3O6PS/c1-23(12-13-7-8-13)16-6-4-3-5-15(16)20(27)19(21(23)28)22-24-17-10-9-14(26-34(2,31)32)11-18(17)33(29,30)25-22/h3-6,9-11,13,19,26H,7-8,12H2,1-2H3,(H2,24,25,29,30). The van der Waals surface area contributed by atoms with Crippen LogP contribution >= 0.6 is 7.52 Å². The van der Waals surface area contributed by atoms with Crippen molar-refractivity contribution in [2.75, 3.05) is 16.3 Å². The molecule has 0 amide bonds. The Morgan fingerprint density at radius 3 is 2.59 bits per heavy atom. The highest BCUT2D eigenvalue weighted by atomic mass is 32.2. The maximum Gasteiger partial charge on any atom is 0.345 e. The first-order valence-electron chi connectivity index (χ1n) is 10.9. The van der Waals surface area contributed by atoms with Crippen LogP contribution in [0.2, 0.25) is 0 Å². The molecule has 3 unspecified atom stereocenters. The molecular weight excluding hydrogens is 477 g/mol. The highest BCUT2D eigenvalue weighted by Gasteiger charge is 2.53. The summed E-state index contributed by atoms with van der Waals surface area (Å²) in [5, 5.41) is 2.80. The Morgan fingerprint density at radius 2 is 1.91 bits per heavy atom. The van der Waals surface area contributed by atoms with Gasteiger partial charge in [0.1, 0.15) is 11.8 Å². The third kappa shape index (κ3) is 3.89. The number of carbonyl (C=O) groups is 2. The molecule has 9 nitrogen and oxygen atoms in total. The lowest BCUT2D eigenvalue weighted by atomic mass is 9.63. The summed E-state index contributed by atoms with van der Waals surface area (Å²) in [5.74, 6) is -1.88. The molecule has 3 N–H and O–H groups in total. The van der Waals surface area contributed by atoms with Gasteiger partial charge in [-0.1, -0.05) is 37.1 Å². The van der Waals surface area contributed by atoms with E-state index in [0.29, 0.717) is 23.5 Å². The lowest BCUT2D eigenvalue weighted by molar-refractivity contribution is -0.125. The van der Waals surface area contributed by atoms with E-state index in [1.165, 1.54) is 18.2 Å². The summed E-state index contributed by atoms with van der Waals surface area (Å²) >= 11 is 0. The zero-order chi connectivity index (χ0) is 24.5. The van der Waals surface area contributed by atoms with Gasteiger partial charge in [-0.3, -0.25) is 18.9 Å². The maximum absolute atomic E-state index is 13.8. The van der Waals surface area contributed by atoms with E-state index in [9.17, 15) is 27.5 Å². The molecule has 1 heterocycles. The third-order valence-electron chi connectivity index (χ3n) is 6.64. The Bertz CT molecular complexity index is 1430. The van der Waals surface area contributed by atoms with Crippen molar-refractivity contribution in [2.24, 2.45) is 16.6 Å². The van der Waals surface area contributed by atoms with Crippen molar-refractivity contribution in [3.63, 3.8) is 0 Å². The largest absolute Gasteiger partial charge is 0.345 e. The molecule has 2 aromatic carbocycles. The summed E-state index contributed by atoms with van der Waals surface area (Å²) in [5.41, 5.74) is 0.494. The van der Waals surface area contributed by atoms with Crippen LogP contribution in [-0.2, 0) is 24.8 Å². The van der Waals surface area contributed by atoms with E-state index in [1.807, 2.05) is 19.1 Å². The summed E-state index contributed by atoms with van der Waals surface area (Å²) in [6.45, 7) is 1.84. The first kappa shape index (κ1) is 23.0. The van der Waals surface area contributed by atoms with Crippen LogP contribution < -0.4 is 15.3 Å². The van der Waals surface area contributed by atoms with Gasteiger partial charge in [-0.25, -0.2) is 8.42 Å². The Labute approximate surface area is 197 Å². The average molecular weight is 502 g/mol. The molecule has 178 valence electrons. The highest BCUT2D eigenvalue weighted by Crippen LogP contribution is 2.50. The molecule has 0 aromatic heterocycles. The molecule has 0 bridgehead atoms. The zero-order valence-electron chi connectivity index (χ0n) is 18.6. The molecule has 0 radical (unpaired) electrons. The molecule has 11 heteroatoms. The van der Waals surface area contributed by atoms with Gasteiger partial charge in [-0.15, -0.1) is 0 Å². The van der Waals surface area contributed by atoms with Crippen molar-refractivity contribution in [3.8, 4) is 0 Å². The number of ketones is 2. The lowest BCUT2D eigenvalue weighted by Gasteiger charge is -2.39. The summed E-state index contributed by atoms with van der Waals surface area (Å²) in [6, 6.07) is 11.1. The fourth-order valence-electron chi connectivity index (χ4n) is 4.91. The average Bonchev–Trinajstić information content (AvgIpc) is 3.55. The third-order valence-corrected chi connectivity index (χ3v) is 8.73. The Morgan fingerprint density at radius 1 is 1.21 bits per heavy atom. The number of sulfonamides is 1. The normalized spacial score (nSPS) is 28.4. The number of hydrogen-bond donors (Lipinski definition) is 3. The van der Waals surface area contributed by atoms with Gasteiger partial charge in [0.15, 0.2) is 11.6 Å². The topological polar surface area (TPSA) is 142 Å². The fraction of sp³-hybridized carbons (Fsp3) is 0.348. The van der Waals surface area contributed by atoms with Gasteiger partial charge in [0, 0.05) is 11.3 Å². The van der Waals surface area contributed by atoms with Crippen LogP contribution in [0.3, 0.4) is 0 Å². The number of Topliss-reactive ketones (excluding diaryl/α,β-unsaturated/α-hetero) is 2. The molecular formula is C23H24N3O6PS. The van der Waals surface area contributed by atoms with Crippen molar-refractivity contribution in [3.05, 3.63) is 53.6 Å².